The second kappa shape index (κ2) is 6.02. The van der Waals surface area contributed by atoms with Gasteiger partial charge in [-0.05, 0) is 35.9 Å². The second-order valence-electron chi connectivity index (χ2n) is 6.45. The average Bonchev–Trinajstić information content (AvgIpc) is 3.07. The number of aromatic amines is 1. The molecule has 0 aliphatic carbocycles. The van der Waals surface area contributed by atoms with Crippen LogP contribution in [-0.4, -0.2) is 9.97 Å². The van der Waals surface area contributed by atoms with Gasteiger partial charge in [-0.2, -0.15) is 0 Å². The number of para-hydroxylation sites is 2. The molecule has 0 amide bonds. The lowest BCUT2D eigenvalue weighted by molar-refractivity contribution is 0.585. The van der Waals surface area contributed by atoms with Gasteiger partial charge < -0.3 is 4.98 Å². The summed E-state index contributed by atoms with van der Waals surface area (Å²) in [4.78, 5) is 7.75. The van der Waals surface area contributed by atoms with E-state index in [0.29, 0.717) is 5.69 Å². The van der Waals surface area contributed by atoms with Crippen LogP contribution in [0.2, 0.25) is 0 Å². The van der Waals surface area contributed by atoms with Crippen molar-refractivity contribution in [2.75, 3.05) is 0 Å². The van der Waals surface area contributed by atoms with E-state index in [0.717, 1.165) is 39.0 Å². The fourth-order valence-electron chi connectivity index (χ4n) is 3.56. The van der Waals surface area contributed by atoms with E-state index in [1.165, 1.54) is 12.1 Å². The molecule has 0 bridgehead atoms. The summed E-state index contributed by atoms with van der Waals surface area (Å²) in [5, 5.41) is 2.29. The van der Waals surface area contributed by atoms with Crippen LogP contribution in [0.3, 0.4) is 0 Å². The maximum absolute atomic E-state index is 14.2. The zero-order chi connectivity index (χ0) is 18.4. The van der Waals surface area contributed by atoms with Crippen LogP contribution < -0.4 is 0 Å². The van der Waals surface area contributed by atoms with Crippen LogP contribution in [0.5, 0.6) is 0 Å². The van der Waals surface area contributed by atoms with Crippen molar-refractivity contribution in [2.45, 2.75) is 0 Å². The summed E-state index contributed by atoms with van der Waals surface area (Å²) in [6.07, 6.45) is 1.65. The van der Waals surface area contributed by atoms with Crippen LogP contribution in [0, 0.1) is 11.6 Å². The number of H-pyrrole nitrogens is 1. The third-order valence-corrected chi connectivity index (χ3v) is 4.82. The number of nitrogens with one attached hydrogen (secondary N) is 1. The highest BCUT2D eigenvalue weighted by atomic mass is 19.1. The predicted octanol–water partition coefficient (Wildman–Crippen LogP) is 6.33. The van der Waals surface area contributed by atoms with Crippen LogP contribution in [0.15, 0.2) is 79.0 Å². The Morgan fingerprint density at radius 3 is 2.48 bits per heavy atom. The van der Waals surface area contributed by atoms with Crippen LogP contribution in [0.25, 0.3) is 44.2 Å². The third-order valence-electron chi connectivity index (χ3n) is 4.82. The molecule has 2 aromatic heterocycles. The van der Waals surface area contributed by atoms with Crippen molar-refractivity contribution in [1.29, 1.82) is 0 Å². The molecule has 0 aliphatic rings. The minimum Gasteiger partial charge on any atom is -0.354 e. The van der Waals surface area contributed by atoms with Crippen molar-refractivity contribution < 1.29 is 8.78 Å². The molecule has 5 rings (SSSR count). The van der Waals surface area contributed by atoms with E-state index in [-0.39, 0.29) is 5.56 Å². The first-order valence-corrected chi connectivity index (χ1v) is 8.62. The van der Waals surface area contributed by atoms with E-state index < -0.39 is 11.6 Å². The molecule has 0 saturated carbocycles. The van der Waals surface area contributed by atoms with E-state index in [2.05, 4.69) is 22.1 Å². The zero-order valence-electron chi connectivity index (χ0n) is 14.2. The summed E-state index contributed by atoms with van der Waals surface area (Å²) in [6.45, 7) is 0. The Labute approximate surface area is 154 Å². The number of aromatic nitrogens is 2. The molecule has 4 heteroatoms. The van der Waals surface area contributed by atoms with Crippen LogP contribution in [-0.2, 0) is 0 Å². The lowest BCUT2D eigenvalue weighted by atomic mass is 10.0. The van der Waals surface area contributed by atoms with Crippen LogP contribution >= 0.6 is 0 Å². The lowest BCUT2D eigenvalue weighted by Gasteiger charge is -2.07. The zero-order valence-corrected chi connectivity index (χ0v) is 14.2. The fourth-order valence-corrected chi connectivity index (χ4v) is 3.56. The van der Waals surface area contributed by atoms with E-state index in [4.69, 9.17) is 0 Å². The number of fused-ring (bicyclic) bond motifs is 3. The number of pyridine rings is 1. The van der Waals surface area contributed by atoms with E-state index >= 15 is 0 Å². The molecule has 2 nitrogen and oxygen atoms in total. The fraction of sp³-hybridized carbons (Fsp3) is 0. The van der Waals surface area contributed by atoms with Gasteiger partial charge in [0.2, 0.25) is 0 Å². The second-order valence-corrected chi connectivity index (χ2v) is 6.45. The van der Waals surface area contributed by atoms with E-state index in [1.807, 2.05) is 42.5 Å². The van der Waals surface area contributed by atoms with Gasteiger partial charge in [-0.1, -0.05) is 36.4 Å². The molecule has 0 fully saturated rings. The molecule has 0 spiro atoms. The van der Waals surface area contributed by atoms with Gasteiger partial charge in [0.05, 0.1) is 11.2 Å². The number of hydrogen-bond acceptors (Lipinski definition) is 1. The molecule has 5 aromatic rings. The summed E-state index contributed by atoms with van der Waals surface area (Å²) < 4.78 is 27.4. The Kier molecular flexibility index (Phi) is 3.50. The standard InChI is InChI=1S/C23H14F2N2/c24-15-8-9-19(20(25)13-15)22-12-14(10-11-26-22)16-5-3-6-18-17-4-1-2-7-21(17)27-23(16)18/h1-13,27H. The first kappa shape index (κ1) is 15.7. The van der Waals surface area contributed by atoms with Gasteiger partial charge in [0.25, 0.3) is 0 Å². The molecule has 130 valence electrons. The molecule has 0 unspecified atom stereocenters. The number of hydrogen-bond donors (Lipinski definition) is 1. The van der Waals surface area contributed by atoms with Gasteiger partial charge in [-0.15, -0.1) is 0 Å². The summed E-state index contributed by atoms with van der Waals surface area (Å²) in [7, 11) is 0. The minimum absolute atomic E-state index is 0.280. The van der Waals surface area contributed by atoms with Gasteiger partial charge in [-0.3, -0.25) is 4.98 Å². The number of benzene rings is 3. The minimum atomic E-state index is -0.622. The highest BCUT2D eigenvalue weighted by Crippen LogP contribution is 2.34. The van der Waals surface area contributed by atoms with Crippen molar-refractivity contribution in [2.24, 2.45) is 0 Å². The molecule has 2 heterocycles. The number of nitrogens with zero attached hydrogens (tertiary/aromatic N) is 1. The predicted molar refractivity (Wildman–Crippen MR) is 104 cm³/mol. The van der Waals surface area contributed by atoms with Crippen molar-refractivity contribution in [3.05, 3.63) is 90.6 Å². The van der Waals surface area contributed by atoms with Crippen molar-refractivity contribution in [1.82, 2.24) is 9.97 Å². The van der Waals surface area contributed by atoms with Crippen molar-refractivity contribution >= 4 is 21.8 Å². The Morgan fingerprint density at radius 1 is 0.741 bits per heavy atom. The molecule has 3 aromatic carbocycles. The summed E-state index contributed by atoms with van der Waals surface area (Å²) >= 11 is 0. The molecule has 0 atom stereocenters. The smallest absolute Gasteiger partial charge is 0.135 e. The summed E-state index contributed by atoms with van der Waals surface area (Å²) in [5.41, 5.74) is 4.77. The third kappa shape index (κ3) is 2.57. The Hall–Kier alpha value is -3.53. The Morgan fingerprint density at radius 2 is 1.59 bits per heavy atom. The van der Waals surface area contributed by atoms with Crippen molar-refractivity contribution in [3.8, 4) is 22.4 Å². The topological polar surface area (TPSA) is 28.7 Å². The molecule has 0 saturated heterocycles. The first-order chi connectivity index (χ1) is 13.2. The Balaban J connectivity index is 1.72. The van der Waals surface area contributed by atoms with Crippen LogP contribution in [0.1, 0.15) is 0 Å². The summed E-state index contributed by atoms with van der Waals surface area (Å²) in [5.74, 6) is -1.22. The van der Waals surface area contributed by atoms with E-state index in [9.17, 15) is 8.78 Å². The largest absolute Gasteiger partial charge is 0.354 e. The highest BCUT2D eigenvalue weighted by Gasteiger charge is 2.12. The normalized spacial score (nSPS) is 11.3. The lowest BCUT2D eigenvalue weighted by Crippen LogP contribution is -1.90. The van der Waals surface area contributed by atoms with Gasteiger partial charge >= 0.3 is 0 Å². The number of halogens is 2. The molecular weight excluding hydrogens is 342 g/mol. The molecule has 0 radical (unpaired) electrons. The quantitative estimate of drug-likeness (QED) is 0.393. The maximum Gasteiger partial charge on any atom is 0.135 e. The first-order valence-electron chi connectivity index (χ1n) is 8.62. The highest BCUT2D eigenvalue weighted by molar-refractivity contribution is 6.11. The van der Waals surface area contributed by atoms with Crippen LogP contribution in [0.4, 0.5) is 8.78 Å². The molecule has 27 heavy (non-hydrogen) atoms. The molecule has 1 N–H and O–H groups in total. The monoisotopic (exact) mass is 356 g/mol. The SMILES string of the molecule is Fc1ccc(-c2cc(-c3cccc4c3[nH]c3ccccc34)ccn2)c(F)c1. The number of rotatable bonds is 2. The van der Waals surface area contributed by atoms with Gasteiger partial charge in [-0.25, -0.2) is 8.78 Å². The van der Waals surface area contributed by atoms with Gasteiger partial charge in [0.15, 0.2) is 0 Å². The molecular formula is C23H14F2N2. The average molecular weight is 356 g/mol. The van der Waals surface area contributed by atoms with Gasteiger partial charge in [0.1, 0.15) is 11.6 Å². The summed E-state index contributed by atoms with van der Waals surface area (Å²) in [6, 6.07) is 21.5. The van der Waals surface area contributed by atoms with Crippen molar-refractivity contribution in [3.63, 3.8) is 0 Å². The van der Waals surface area contributed by atoms with Gasteiger partial charge in [0, 0.05) is 39.7 Å². The maximum atomic E-state index is 14.2. The Bertz CT molecular complexity index is 1300. The molecule has 0 aliphatic heterocycles. The van der Waals surface area contributed by atoms with E-state index in [1.54, 1.807) is 6.20 Å².